The van der Waals surface area contributed by atoms with E-state index in [0.717, 1.165) is 14.8 Å². The van der Waals surface area contributed by atoms with Gasteiger partial charge in [0.1, 0.15) is 12.4 Å². The summed E-state index contributed by atoms with van der Waals surface area (Å²) in [4.78, 5) is 12.5. The minimum absolute atomic E-state index is 0.0616. The van der Waals surface area contributed by atoms with Crippen molar-refractivity contribution in [3.63, 3.8) is 0 Å². The molecule has 0 N–H and O–H groups in total. The number of benzene rings is 2. The van der Waals surface area contributed by atoms with Gasteiger partial charge in [-0.15, -0.1) is 11.3 Å². The summed E-state index contributed by atoms with van der Waals surface area (Å²) < 4.78 is 12.5. The third-order valence-electron chi connectivity index (χ3n) is 3.10. The zero-order valence-corrected chi connectivity index (χ0v) is 11.9. The molecule has 0 amide bonds. The Morgan fingerprint density at radius 3 is 2.65 bits per heavy atom. The normalized spacial score (nSPS) is 11.1. The molecule has 4 heteroatoms. The minimum atomic E-state index is 0.0616. The molecule has 3 aromatic rings. The van der Waals surface area contributed by atoms with Crippen molar-refractivity contribution in [2.45, 2.75) is 0 Å². The van der Waals surface area contributed by atoms with Crippen LogP contribution < -0.4 is 10.2 Å². The Kier molecular flexibility index (Phi) is 3.67. The molecule has 3 nitrogen and oxygen atoms in total. The van der Waals surface area contributed by atoms with Crippen LogP contribution >= 0.6 is 11.3 Å². The van der Waals surface area contributed by atoms with Gasteiger partial charge in [-0.3, -0.25) is 4.79 Å². The summed E-state index contributed by atoms with van der Waals surface area (Å²) >= 11 is 1.62. The highest BCUT2D eigenvalue weighted by atomic mass is 32.1. The van der Waals surface area contributed by atoms with Crippen LogP contribution in [0.3, 0.4) is 0 Å². The van der Waals surface area contributed by atoms with Gasteiger partial charge >= 0.3 is 0 Å². The van der Waals surface area contributed by atoms with Crippen molar-refractivity contribution in [1.82, 2.24) is 0 Å². The lowest BCUT2D eigenvalue weighted by Crippen LogP contribution is -2.05. The van der Waals surface area contributed by atoms with Gasteiger partial charge in [0.2, 0.25) is 0 Å². The second-order valence-electron chi connectivity index (χ2n) is 4.43. The third kappa shape index (κ3) is 2.40. The summed E-state index contributed by atoms with van der Waals surface area (Å²) in [6, 6.07) is 13.3. The number of hydrogen-bond donors (Lipinski definition) is 0. The monoisotopic (exact) mass is 286 g/mol. The van der Waals surface area contributed by atoms with Crippen LogP contribution in [0.2, 0.25) is 0 Å². The van der Waals surface area contributed by atoms with Crippen molar-refractivity contribution in [1.29, 1.82) is 0 Å². The summed E-state index contributed by atoms with van der Waals surface area (Å²) in [6.45, 7) is 1.01. The van der Waals surface area contributed by atoms with Gasteiger partial charge in [0.25, 0.3) is 0 Å². The highest BCUT2D eigenvalue weighted by molar-refractivity contribution is 7.24. The second kappa shape index (κ2) is 5.61. The first-order chi connectivity index (χ1) is 9.79. The molecule has 0 aliphatic heterocycles. The van der Waals surface area contributed by atoms with Crippen LogP contribution in [0.5, 0.6) is 5.75 Å². The van der Waals surface area contributed by atoms with E-state index in [1.807, 2.05) is 42.5 Å². The van der Waals surface area contributed by atoms with Crippen molar-refractivity contribution in [2.24, 2.45) is 0 Å². The van der Waals surface area contributed by atoms with Crippen LogP contribution in [0.25, 0.3) is 20.2 Å². The number of hydrogen-bond acceptors (Lipinski definition) is 4. The molecule has 102 valence electrons. The average Bonchev–Trinajstić information content (AvgIpc) is 2.48. The molecule has 0 aliphatic rings. The molecule has 1 aromatic heterocycles. The van der Waals surface area contributed by atoms with Gasteiger partial charge in [-0.25, -0.2) is 0 Å². The SMILES string of the molecule is COCCOc1ccc2sc3ccccc3c(=O)c2c1. The van der Waals surface area contributed by atoms with E-state index in [9.17, 15) is 4.79 Å². The van der Waals surface area contributed by atoms with Gasteiger partial charge in [-0.1, -0.05) is 12.1 Å². The van der Waals surface area contributed by atoms with Crippen molar-refractivity contribution < 1.29 is 9.47 Å². The van der Waals surface area contributed by atoms with E-state index in [1.54, 1.807) is 18.4 Å². The molecule has 0 aliphatic carbocycles. The van der Waals surface area contributed by atoms with Crippen LogP contribution in [0.1, 0.15) is 0 Å². The predicted octanol–water partition coefficient (Wildman–Crippen LogP) is 3.44. The van der Waals surface area contributed by atoms with Crippen LogP contribution in [0.15, 0.2) is 47.3 Å². The minimum Gasteiger partial charge on any atom is -0.491 e. The molecular formula is C16H14O3S. The summed E-state index contributed by atoms with van der Waals surface area (Å²) in [7, 11) is 1.63. The molecule has 0 spiro atoms. The van der Waals surface area contributed by atoms with Gasteiger partial charge in [-0.2, -0.15) is 0 Å². The van der Waals surface area contributed by atoms with Crippen molar-refractivity contribution in [3.8, 4) is 5.75 Å². The molecule has 0 fully saturated rings. The molecule has 0 bridgehead atoms. The van der Waals surface area contributed by atoms with E-state index in [4.69, 9.17) is 9.47 Å². The van der Waals surface area contributed by atoms with Gasteiger partial charge in [0.15, 0.2) is 5.43 Å². The smallest absolute Gasteiger partial charge is 0.196 e. The predicted molar refractivity (Wildman–Crippen MR) is 83.0 cm³/mol. The van der Waals surface area contributed by atoms with Crippen LogP contribution in [-0.2, 0) is 4.74 Å². The molecule has 1 heterocycles. The molecule has 0 saturated heterocycles. The largest absolute Gasteiger partial charge is 0.491 e. The molecule has 0 radical (unpaired) electrons. The Balaban J connectivity index is 2.11. The molecule has 0 saturated carbocycles. The Bertz CT molecular complexity index is 808. The molecule has 3 rings (SSSR count). The maximum atomic E-state index is 12.5. The van der Waals surface area contributed by atoms with Crippen molar-refractivity contribution >= 4 is 31.5 Å². The fraction of sp³-hybridized carbons (Fsp3) is 0.188. The van der Waals surface area contributed by atoms with Crippen LogP contribution in [-0.4, -0.2) is 20.3 Å². The lowest BCUT2D eigenvalue weighted by Gasteiger charge is -2.07. The lowest BCUT2D eigenvalue weighted by molar-refractivity contribution is 0.146. The zero-order chi connectivity index (χ0) is 13.9. The quantitative estimate of drug-likeness (QED) is 0.544. The number of ether oxygens (including phenoxy) is 2. The third-order valence-corrected chi connectivity index (χ3v) is 4.26. The molecule has 2 aromatic carbocycles. The number of rotatable bonds is 4. The summed E-state index contributed by atoms with van der Waals surface area (Å²) in [6.07, 6.45) is 0. The van der Waals surface area contributed by atoms with E-state index in [2.05, 4.69) is 0 Å². The highest BCUT2D eigenvalue weighted by Crippen LogP contribution is 2.27. The average molecular weight is 286 g/mol. The van der Waals surface area contributed by atoms with Crippen LogP contribution in [0.4, 0.5) is 0 Å². The Morgan fingerprint density at radius 2 is 1.80 bits per heavy atom. The number of methoxy groups -OCH3 is 1. The molecular weight excluding hydrogens is 272 g/mol. The van der Waals surface area contributed by atoms with E-state index in [1.165, 1.54) is 0 Å². The Labute approximate surface area is 120 Å². The summed E-state index contributed by atoms with van der Waals surface area (Å²) in [5.41, 5.74) is 0.0616. The topological polar surface area (TPSA) is 35.5 Å². The first-order valence-corrected chi connectivity index (χ1v) is 7.18. The van der Waals surface area contributed by atoms with E-state index < -0.39 is 0 Å². The maximum Gasteiger partial charge on any atom is 0.196 e. The van der Waals surface area contributed by atoms with E-state index in [0.29, 0.717) is 24.3 Å². The van der Waals surface area contributed by atoms with Gasteiger partial charge in [-0.05, 0) is 30.3 Å². The fourth-order valence-electron chi connectivity index (χ4n) is 2.11. The lowest BCUT2D eigenvalue weighted by atomic mass is 10.2. The highest BCUT2D eigenvalue weighted by Gasteiger charge is 2.06. The summed E-state index contributed by atoms with van der Waals surface area (Å²) in [5, 5.41) is 1.47. The molecule has 0 unspecified atom stereocenters. The summed E-state index contributed by atoms with van der Waals surface area (Å²) in [5.74, 6) is 0.703. The molecule has 0 atom stereocenters. The van der Waals surface area contributed by atoms with E-state index in [-0.39, 0.29) is 5.43 Å². The van der Waals surface area contributed by atoms with Crippen LogP contribution in [0, 0.1) is 0 Å². The Morgan fingerprint density at radius 1 is 1.00 bits per heavy atom. The first kappa shape index (κ1) is 13.1. The van der Waals surface area contributed by atoms with Gasteiger partial charge in [0, 0.05) is 27.3 Å². The molecule has 20 heavy (non-hydrogen) atoms. The Hall–Kier alpha value is -1.91. The van der Waals surface area contributed by atoms with Crippen molar-refractivity contribution in [3.05, 3.63) is 52.7 Å². The van der Waals surface area contributed by atoms with E-state index >= 15 is 0 Å². The fourth-order valence-corrected chi connectivity index (χ4v) is 3.17. The first-order valence-electron chi connectivity index (χ1n) is 6.37. The standard InChI is InChI=1S/C16H14O3S/c1-18-8-9-19-11-6-7-15-13(10-11)16(17)12-4-2-3-5-14(12)20-15/h2-7,10H,8-9H2,1H3. The van der Waals surface area contributed by atoms with Gasteiger partial charge in [0.05, 0.1) is 6.61 Å². The van der Waals surface area contributed by atoms with Crippen molar-refractivity contribution in [2.75, 3.05) is 20.3 Å². The zero-order valence-electron chi connectivity index (χ0n) is 11.1. The maximum absolute atomic E-state index is 12.5. The van der Waals surface area contributed by atoms with Gasteiger partial charge < -0.3 is 9.47 Å². The second-order valence-corrected chi connectivity index (χ2v) is 5.51. The number of fused-ring (bicyclic) bond motifs is 2.